The molecule has 0 amide bonds. The predicted molar refractivity (Wildman–Crippen MR) is 94.9 cm³/mol. The van der Waals surface area contributed by atoms with Crippen LogP contribution in [0.2, 0.25) is 0 Å². The van der Waals surface area contributed by atoms with Gasteiger partial charge in [0.15, 0.2) is 17.0 Å². The molecule has 0 saturated carbocycles. The average molecular weight is 347 g/mol. The summed E-state index contributed by atoms with van der Waals surface area (Å²) in [7, 11) is 0. The number of nitrogens with zero attached hydrogens (tertiary/aromatic N) is 8. The molecule has 5 rings (SSSR count). The van der Waals surface area contributed by atoms with E-state index < -0.39 is 0 Å². The number of rotatable bonds is 3. The van der Waals surface area contributed by atoms with Gasteiger partial charge in [-0.15, -0.1) is 5.10 Å². The third-order valence-corrected chi connectivity index (χ3v) is 4.54. The molecule has 1 aromatic carbocycles. The van der Waals surface area contributed by atoms with Gasteiger partial charge in [0, 0.05) is 12.5 Å². The van der Waals surface area contributed by atoms with Crippen molar-refractivity contribution in [3.63, 3.8) is 0 Å². The molecule has 1 unspecified atom stereocenters. The molecule has 130 valence electrons. The van der Waals surface area contributed by atoms with E-state index in [0.717, 1.165) is 36.7 Å². The van der Waals surface area contributed by atoms with E-state index in [4.69, 9.17) is 0 Å². The number of fused-ring (bicyclic) bond motifs is 2. The lowest BCUT2D eigenvalue weighted by Crippen LogP contribution is -2.32. The van der Waals surface area contributed by atoms with Gasteiger partial charge in [-0.2, -0.15) is 9.78 Å². The fourth-order valence-electron chi connectivity index (χ4n) is 3.34. The van der Waals surface area contributed by atoms with Crippen LogP contribution in [0.1, 0.15) is 18.1 Å². The monoisotopic (exact) mass is 347 g/mol. The van der Waals surface area contributed by atoms with Crippen LogP contribution in [0.15, 0.2) is 36.7 Å². The molecule has 0 bridgehead atoms. The summed E-state index contributed by atoms with van der Waals surface area (Å²) in [6.07, 6.45) is 3.40. The van der Waals surface area contributed by atoms with Gasteiger partial charge in [0.1, 0.15) is 18.0 Å². The lowest BCUT2D eigenvalue weighted by atomic mass is 10.1. The molecule has 9 heteroatoms. The van der Waals surface area contributed by atoms with E-state index in [-0.39, 0.29) is 6.04 Å². The molecule has 3 aromatic heterocycles. The second kappa shape index (κ2) is 5.87. The van der Waals surface area contributed by atoms with Crippen molar-refractivity contribution in [3.8, 4) is 5.69 Å². The van der Waals surface area contributed by atoms with Gasteiger partial charge in [-0.1, -0.05) is 23.4 Å². The van der Waals surface area contributed by atoms with Gasteiger partial charge < -0.3 is 5.32 Å². The summed E-state index contributed by atoms with van der Waals surface area (Å²) in [5.74, 6) is 2.56. The Hall–Kier alpha value is -3.36. The van der Waals surface area contributed by atoms with Crippen molar-refractivity contribution in [3.05, 3.63) is 48.3 Å². The molecule has 4 heterocycles. The Morgan fingerprint density at radius 1 is 1.15 bits per heavy atom. The molecule has 0 aliphatic carbocycles. The zero-order valence-corrected chi connectivity index (χ0v) is 14.2. The molecule has 1 atom stereocenters. The molecule has 0 radical (unpaired) electrons. The maximum absolute atomic E-state index is 4.45. The molecule has 0 fully saturated rings. The Balaban J connectivity index is 1.46. The molecule has 4 aromatic rings. The topological polar surface area (TPSA) is 99.2 Å². The van der Waals surface area contributed by atoms with Crippen molar-refractivity contribution < 1.29 is 0 Å². The van der Waals surface area contributed by atoms with Gasteiger partial charge in [0.2, 0.25) is 0 Å². The molecular weight excluding hydrogens is 330 g/mol. The van der Waals surface area contributed by atoms with E-state index in [0.29, 0.717) is 17.0 Å². The van der Waals surface area contributed by atoms with Crippen molar-refractivity contribution in [2.75, 3.05) is 5.32 Å². The Bertz CT molecular complexity index is 1070. The molecule has 26 heavy (non-hydrogen) atoms. The highest BCUT2D eigenvalue weighted by Gasteiger charge is 2.22. The van der Waals surface area contributed by atoms with E-state index >= 15 is 0 Å². The summed E-state index contributed by atoms with van der Waals surface area (Å²) < 4.78 is 3.69. The van der Waals surface area contributed by atoms with Gasteiger partial charge in [-0.3, -0.25) is 0 Å². The SMILES string of the molecule is Cc1nc2n(n1)CC(Nc1ncnc3c1nnn3-c1ccccc1)CC2. The smallest absolute Gasteiger partial charge is 0.188 e. The summed E-state index contributed by atoms with van der Waals surface area (Å²) in [5, 5.41) is 16.5. The van der Waals surface area contributed by atoms with Gasteiger partial charge in [0.05, 0.1) is 12.2 Å². The van der Waals surface area contributed by atoms with Crippen LogP contribution < -0.4 is 5.32 Å². The zero-order valence-electron chi connectivity index (χ0n) is 14.2. The minimum absolute atomic E-state index is 0.212. The molecular formula is C17H17N9. The number of para-hydroxylation sites is 1. The third kappa shape index (κ3) is 2.48. The average Bonchev–Trinajstić information content (AvgIpc) is 3.25. The molecule has 9 nitrogen and oxygen atoms in total. The second-order valence-electron chi connectivity index (χ2n) is 6.37. The van der Waals surface area contributed by atoms with E-state index in [1.807, 2.05) is 41.9 Å². The second-order valence-corrected chi connectivity index (χ2v) is 6.37. The largest absolute Gasteiger partial charge is 0.363 e. The van der Waals surface area contributed by atoms with Crippen molar-refractivity contribution in [1.82, 2.24) is 39.7 Å². The van der Waals surface area contributed by atoms with Crippen LogP contribution in [-0.2, 0) is 13.0 Å². The van der Waals surface area contributed by atoms with Crippen LogP contribution in [0.4, 0.5) is 5.82 Å². The van der Waals surface area contributed by atoms with E-state index in [9.17, 15) is 0 Å². The summed E-state index contributed by atoms with van der Waals surface area (Å²) in [4.78, 5) is 13.2. The van der Waals surface area contributed by atoms with E-state index in [1.54, 1.807) is 11.0 Å². The Morgan fingerprint density at radius 2 is 2.04 bits per heavy atom. The van der Waals surface area contributed by atoms with Gasteiger partial charge in [-0.05, 0) is 25.5 Å². The van der Waals surface area contributed by atoms with Crippen LogP contribution in [0.5, 0.6) is 0 Å². The number of aromatic nitrogens is 8. The number of hydrogen-bond acceptors (Lipinski definition) is 7. The van der Waals surface area contributed by atoms with E-state index in [2.05, 4.69) is 35.7 Å². The first-order valence-electron chi connectivity index (χ1n) is 8.56. The van der Waals surface area contributed by atoms with Crippen molar-refractivity contribution >= 4 is 17.0 Å². The van der Waals surface area contributed by atoms with Gasteiger partial charge >= 0.3 is 0 Å². The van der Waals surface area contributed by atoms with Crippen LogP contribution in [0, 0.1) is 6.92 Å². The fraction of sp³-hybridized carbons (Fsp3) is 0.294. The molecule has 1 aliphatic heterocycles. The maximum Gasteiger partial charge on any atom is 0.188 e. The minimum atomic E-state index is 0.212. The Labute approximate surface area is 149 Å². The lowest BCUT2D eigenvalue weighted by molar-refractivity contribution is 0.440. The highest BCUT2D eigenvalue weighted by molar-refractivity contribution is 5.83. The molecule has 0 spiro atoms. The molecule has 0 saturated heterocycles. The standard InChI is InChI=1S/C17H17N9/c1-11-20-14-8-7-12(9-25(14)23-11)21-16-15-17(19-10-18-16)26(24-22-15)13-5-3-2-4-6-13/h2-6,10,12H,7-9H2,1H3,(H,18,19,21). The summed E-state index contributed by atoms with van der Waals surface area (Å²) in [6, 6.07) is 10.0. The van der Waals surface area contributed by atoms with Crippen LogP contribution in [0.25, 0.3) is 16.9 Å². The van der Waals surface area contributed by atoms with Gasteiger partial charge in [-0.25, -0.2) is 19.6 Å². The first-order chi connectivity index (χ1) is 12.8. The van der Waals surface area contributed by atoms with Crippen LogP contribution >= 0.6 is 0 Å². The van der Waals surface area contributed by atoms with E-state index in [1.165, 1.54) is 0 Å². The summed E-state index contributed by atoms with van der Waals surface area (Å²) in [5.41, 5.74) is 2.26. The number of aryl methyl sites for hydroxylation is 2. The predicted octanol–water partition coefficient (Wildman–Crippen LogP) is 1.54. The summed E-state index contributed by atoms with van der Waals surface area (Å²) in [6.45, 7) is 2.68. The minimum Gasteiger partial charge on any atom is -0.363 e. The highest BCUT2D eigenvalue weighted by Crippen LogP contribution is 2.22. The van der Waals surface area contributed by atoms with Crippen molar-refractivity contribution in [1.29, 1.82) is 0 Å². The third-order valence-electron chi connectivity index (χ3n) is 4.54. The molecule has 1 N–H and O–H groups in total. The highest BCUT2D eigenvalue weighted by atomic mass is 15.4. The quantitative estimate of drug-likeness (QED) is 0.600. The number of anilines is 1. The van der Waals surface area contributed by atoms with Crippen molar-refractivity contribution in [2.45, 2.75) is 32.4 Å². The first-order valence-corrected chi connectivity index (χ1v) is 8.56. The summed E-state index contributed by atoms with van der Waals surface area (Å²) >= 11 is 0. The van der Waals surface area contributed by atoms with Gasteiger partial charge in [0.25, 0.3) is 0 Å². The number of benzene rings is 1. The molecule has 1 aliphatic rings. The number of hydrogen-bond donors (Lipinski definition) is 1. The normalized spacial score (nSPS) is 16.6. The first kappa shape index (κ1) is 14.9. The Morgan fingerprint density at radius 3 is 2.92 bits per heavy atom. The number of nitrogens with one attached hydrogen (secondary N) is 1. The fourth-order valence-corrected chi connectivity index (χ4v) is 3.34. The van der Waals surface area contributed by atoms with Crippen LogP contribution in [-0.4, -0.2) is 45.8 Å². The zero-order chi connectivity index (χ0) is 17.5. The lowest BCUT2D eigenvalue weighted by Gasteiger charge is -2.23. The maximum atomic E-state index is 4.45. The van der Waals surface area contributed by atoms with Crippen LogP contribution in [0.3, 0.4) is 0 Å². The van der Waals surface area contributed by atoms with Crippen molar-refractivity contribution in [2.24, 2.45) is 0 Å². The Kier molecular flexibility index (Phi) is 3.37.